The van der Waals surface area contributed by atoms with Gasteiger partial charge in [-0.25, -0.2) is 4.39 Å². The van der Waals surface area contributed by atoms with Crippen LogP contribution in [0.15, 0.2) is 22.7 Å². The second kappa shape index (κ2) is 4.82. The molecule has 1 heterocycles. The molecule has 4 heteroatoms. The topological polar surface area (TPSA) is 21.3 Å². The van der Waals surface area contributed by atoms with Crippen molar-refractivity contribution in [2.24, 2.45) is 5.41 Å². The number of ether oxygens (including phenoxy) is 1. The van der Waals surface area contributed by atoms with Gasteiger partial charge in [-0.05, 0) is 17.7 Å². The summed E-state index contributed by atoms with van der Waals surface area (Å²) in [6, 6.07) is 4.77. The summed E-state index contributed by atoms with van der Waals surface area (Å²) >= 11 is 3.35. The molecule has 2 nitrogen and oxygen atoms in total. The lowest BCUT2D eigenvalue weighted by Gasteiger charge is -2.38. The van der Waals surface area contributed by atoms with Gasteiger partial charge in [0.15, 0.2) is 0 Å². The molecule has 0 unspecified atom stereocenters. The Labute approximate surface area is 103 Å². The van der Waals surface area contributed by atoms with Gasteiger partial charge in [0, 0.05) is 23.0 Å². The first-order chi connectivity index (χ1) is 7.59. The SMILES string of the molecule is CC1(CNCc2ccc(F)cc2Br)COC1. The average Bonchev–Trinajstić information content (AvgIpc) is 2.19. The molecule has 0 amide bonds. The number of rotatable bonds is 4. The Bertz CT molecular complexity index is 379. The van der Waals surface area contributed by atoms with Gasteiger partial charge in [-0.2, -0.15) is 0 Å². The molecule has 1 aliphatic heterocycles. The van der Waals surface area contributed by atoms with Crippen LogP contribution >= 0.6 is 15.9 Å². The smallest absolute Gasteiger partial charge is 0.124 e. The van der Waals surface area contributed by atoms with E-state index in [0.717, 1.165) is 36.3 Å². The van der Waals surface area contributed by atoms with Gasteiger partial charge in [0.25, 0.3) is 0 Å². The molecular formula is C12H15BrFNO. The molecule has 2 rings (SSSR count). The number of halogens is 2. The summed E-state index contributed by atoms with van der Waals surface area (Å²) in [6.45, 7) is 5.52. The van der Waals surface area contributed by atoms with E-state index in [9.17, 15) is 4.39 Å². The summed E-state index contributed by atoms with van der Waals surface area (Å²) in [5, 5.41) is 3.37. The number of hydrogen-bond acceptors (Lipinski definition) is 2. The van der Waals surface area contributed by atoms with Crippen LogP contribution in [0.25, 0.3) is 0 Å². The highest BCUT2D eigenvalue weighted by atomic mass is 79.9. The van der Waals surface area contributed by atoms with Gasteiger partial charge in [-0.3, -0.25) is 0 Å². The van der Waals surface area contributed by atoms with E-state index in [-0.39, 0.29) is 11.2 Å². The highest BCUT2D eigenvalue weighted by molar-refractivity contribution is 9.10. The summed E-state index contributed by atoms with van der Waals surface area (Å²) < 4.78 is 18.9. The van der Waals surface area contributed by atoms with Crippen LogP contribution in [0.5, 0.6) is 0 Å². The lowest BCUT2D eigenvalue weighted by Crippen LogP contribution is -2.47. The lowest BCUT2D eigenvalue weighted by atomic mass is 9.89. The summed E-state index contributed by atoms with van der Waals surface area (Å²) in [5.41, 5.74) is 1.34. The van der Waals surface area contributed by atoms with Crippen LogP contribution in [0.3, 0.4) is 0 Å². The summed E-state index contributed by atoms with van der Waals surface area (Å²) in [6.07, 6.45) is 0. The molecule has 0 aliphatic carbocycles. The normalized spacial score (nSPS) is 18.2. The van der Waals surface area contributed by atoms with Crippen molar-refractivity contribution in [3.05, 3.63) is 34.1 Å². The molecule has 1 N–H and O–H groups in total. The van der Waals surface area contributed by atoms with E-state index in [1.54, 1.807) is 6.07 Å². The van der Waals surface area contributed by atoms with Crippen molar-refractivity contribution < 1.29 is 9.13 Å². The van der Waals surface area contributed by atoms with E-state index in [0.29, 0.717) is 0 Å². The first-order valence-corrected chi connectivity index (χ1v) is 6.11. The first kappa shape index (κ1) is 12.0. The molecule has 0 radical (unpaired) electrons. The number of hydrogen-bond donors (Lipinski definition) is 1. The molecule has 1 aliphatic rings. The predicted molar refractivity (Wildman–Crippen MR) is 64.7 cm³/mol. The zero-order valence-corrected chi connectivity index (χ0v) is 10.8. The van der Waals surface area contributed by atoms with Gasteiger partial charge in [-0.15, -0.1) is 0 Å². The van der Waals surface area contributed by atoms with Crippen LogP contribution in [-0.2, 0) is 11.3 Å². The van der Waals surface area contributed by atoms with E-state index in [1.807, 2.05) is 0 Å². The Kier molecular flexibility index (Phi) is 3.62. The molecule has 0 aromatic heterocycles. The standard InChI is InChI=1S/C12H15BrFNO/c1-12(7-16-8-12)6-15-5-9-2-3-10(14)4-11(9)13/h2-4,15H,5-8H2,1H3. The molecule has 0 atom stereocenters. The van der Waals surface area contributed by atoms with Crippen molar-refractivity contribution in [2.75, 3.05) is 19.8 Å². The monoisotopic (exact) mass is 287 g/mol. The van der Waals surface area contributed by atoms with E-state index >= 15 is 0 Å². The van der Waals surface area contributed by atoms with Gasteiger partial charge in [-0.1, -0.05) is 28.9 Å². The molecule has 16 heavy (non-hydrogen) atoms. The fourth-order valence-electron chi connectivity index (χ4n) is 1.72. The van der Waals surface area contributed by atoms with Crippen LogP contribution in [-0.4, -0.2) is 19.8 Å². The quantitative estimate of drug-likeness (QED) is 0.919. The van der Waals surface area contributed by atoms with E-state index < -0.39 is 0 Å². The Balaban J connectivity index is 1.85. The Hall–Kier alpha value is -0.450. The van der Waals surface area contributed by atoms with Gasteiger partial charge >= 0.3 is 0 Å². The van der Waals surface area contributed by atoms with Crippen molar-refractivity contribution in [2.45, 2.75) is 13.5 Å². The second-order valence-electron chi connectivity index (χ2n) is 4.64. The van der Waals surface area contributed by atoms with Crippen molar-refractivity contribution >= 4 is 15.9 Å². The molecule has 0 saturated carbocycles. The highest BCUT2D eigenvalue weighted by Gasteiger charge is 2.32. The fourth-order valence-corrected chi connectivity index (χ4v) is 2.21. The van der Waals surface area contributed by atoms with Crippen molar-refractivity contribution in [1.82, 2.24) is 5.32 Å². The van der Waals surface area contributed by atoms with Gasteiger partial charge in [0.1, 0.15) is 5.82 Å². The van der Waals surface area contributed by atoms with Crippen LogP contribution < -0.4 is 5.32 Å². The lowest BCUT2D eigenvalue weighted by molar-refractivity contribution is -0.0991. The number of benzene rings is 1. The molecule has 1 saturated heterocycles. The van der Waals surface area contributed by atoms with Crippen LogP contribution in [0.4, 0.5) is 4.39 Å². The largest absolute Gasteiger partial charge is 0.380 e. The second-order valence-corrected chi connectivity index (χ2v) is 5.50. The maximum absolute atomic E-state index is 12.9. The molecule has 88 valence electrons. The minimum absolute atomic E-state index is 0.213. The van der Waals surface area contributed by atoms with Crippen molar-refractivity contribution in [3.63, 3.8) is 0 Å². The minimum atomic E-state index is -0.213. The third-order valence-corrected chi connectivity index (χ3v) is 3.52. The van der Waals surface area contributed by atoms with E-state index in [1.165, 1.54) is 12.1 Å². The van der Waals surface area contributed by atoms with Crippen molar-refractivity contribution in [1.29, 1.82) is 0 Å². The molecular weight excluding hydrogens is 273 g/mol. The average molecular weight is 288 g/mol. The predicted octanol–water partition coefficient (Wildman–Crippen LogP) is 2.71. The minimum Gasteiger partial charge on any atom is -0.380 e. The molecule has 0 spiro atoms. The Morgan fingerprint density at radius 3 is 2.81 bits per heavy atom. The fraction of sp³-hybridized carbons (Fsp3) is 0.500. The van der Waals surface area contributed by atoms with Crippen LogP contribution in [0.2, 0.25) is 0 Å². The molecule has 1 aromatic carbocycles. The third kappa shape index (κ3) is 2.81. The van der Waals surface area contributed by atoms with Gasteiger partial charge < -0.3 is 10.1 Å². The third-order valence-electron chi connectivity index (χ3n) is 2.78. The van der Waals surface area contributed by atoms with E-state index in [2.05, 4.69) is 28.2 Å². The zero-order chi connectivity index (χ0) is 11.6. The summed E-state index contributed by atoms with van der Waals surface area (Å²) in [7, 11) is 0. The Morgan fingerprint density at radius 2 is 2.25 bits per heavy atom. The van der Waals surface area contributed by atoms with E-state index in [4.69, 9.17) is 4.74 Å². The van der Waals surface area contributed by atoms with Gasteiger partial charge in [0.05, 0.1) is 13.2 Å². The molecule has 1 fully saturated rings. The molecule has 0 bridgehead atoms. The number of nitrogens with one attached hydrogen (secondary N) is 1. The van der Waals surface area contributed by atoms with Gasteiger partial charge in [0.2, 0.25) is 0 Å². The summed E-state index contributed by atoms with van der Waals surface area (Å²) in [4.78, 5) is 0. The maximum Gasteiger partial charge on any atom is 0.124 e. The van der Waals surface area contributed by atoms with Crippen LogP contribution in [0.1, 0.15) is 12.5 Å². The first-order valence-electron chi connectivity index (χ1n) is 5.31. The zero-order valence-electron chi connectivity index (χ0n) is 9.22. The Morgan fingerprint density at radius 1 is 1.50 bits per heavy atom. The summed E-state index contributed by atoms with van der Waals surface area (Å²) in [5.74, 6) is -0.213. The van der Waals surface area contributed by atoms with Crippen LogP contribution in [0, 0.1) is 11.2 Å². The highest BCUT2D eigenvalue weighted by Crippen LogP contribution is 2.25. The molecule has 1 aromatic rings. The van der Waals surface area contributed by atoms with Crippen molar-refractivity contribution in [3.8, 4) is 0 Å². The maximum atomic E-state index is 12.9.